The first-order chi connectivity index (χ1) is 5.16. The molecule has 0 bridgehead atoms. The Morgan fingerprint density at radius 2 is 2.18 bits per heavy atom. The molecule has 2 nitrogen and oxygen atoms in total. The van der Waals surface area contributed by atoms with Crippen LogP contribution in [0.1, 0.15) is 40.0 Å². The van der Waals surface area contributed by atoms with Gasteiger partial charge in [0.1, 0.15) is 0 Å². The van der Waals surface area contributed by atoms with Crippen molar-refractivity contribution in [3.05, 3.63) is 0 Å². The molecule has 0 amide bonds. The Morgan fingerprint density at radius 3 is 2.64 bits per heavy atom. The molecule has 0 aromatic carbocycles. The molecule has 66 valence electrons. The van der Waals surface area contributed by atoms with E-state index >= 15 is 0 Å². The van der Waals surface area contributed by atoms with Crippen molar-refractivity contribution in [1.82, 2.24) is 0 Å². The molecule has 0 heterocycles. The van der Waals surface area contributed by atoms with E-state index in [1.165, 1.54) is 13.3 Å². The number of esters is 1. The number of rotatable bonds is 5. The third kappa shape index (κ3) is 7.37. The van der Waals surface area contributed by atoms with Gasteiger partial charge in [0.15, 0.2) is 0 Å². The topological polar surface area (TPSA) is 26.3 Å². The first-order valence-electron chi connectivity index (χ1n) is 4.30. The van der Waals surface area contributed by atoms with Gasteiger partial charge in [0.2, 0.25) is 0 Å². The number of hydrogen-bond donors (Lipinski definition) is 0. The fourth-order valence-electron chi connectivity index (χ4n) is 0.852. The van der Waals surface area contributed by atoms with Crippen LogP contribution in [0.25, 0.3) is 0 Å². The Kier molecular flexibility index (Phi) is 5.90. The Morgan fingerprint density at radius 1 is 1.55 bits per heavy atom. The van der Waals surface area contributed by atoms with Crippen LogP contribution >= 0.6 is 0 Å². The fourth-order valence-corrected chi connectivity index (χ4v) is 0.852. The molecule has 0 unspecified atom stereocenters. The molecule has 0 radical (unpaired) electrons. The van der Waals surface area contributed by atoms with Crippen LogP contribution in [0.5, 0.6) is 0 Å². The number of hydrogen-bond acceptors (Lipinski definition) is 2. The molecule has 0 aromatic rings. The Bertz CT molecular complexity index is 110. The van der Waals surface area contributed by atoms with Gasteiger partial charge < -0.3 is 4.74 Å². The van der Waals surface area contributed by atoms with Gasteiger partial charge in [-0.3, -0.25) is 4.79 Å². The Hall–Kier alpha value is -0.530. The van der Waals surface area contributed by atoms with Crippen LogP contribution in [-0.4, -0.2) is 12.6 Å². The molecule has 0 saturated heterocycles. The maximum atomic E-state index is 10.3. The molecule has 0 aliphatic heterocycles. The normalized spacial score (nSPS) is 12.6. The molecular formula is C9H18O2. The number of ether oxygens (including phenoxy) is 1. The molecule has 0 spiro atoms. The molecule has 0 aliphatic carbocycles. The number of carbonyl (C=O) groups is 1. The summed E-state index contributed by atoms with van der Waals surface area (Å²) in [5, 5.41) is 0. The summed E-state index contributed by atoms with van der Waals surface area (Å²) < 4.78 is 4.80. The maximum absolute atomic E-state index is 10.3. The van der Waals surface area contributed by atoms with Gasteiger partial charge >= 0.3 is 5.97 Å². The summed E-state index contributed by atoms with van der Waals surface area (Å²) in [6.45, 7) is 6.42. The minimum Gasteiger partial charge on any atom is -0.466 e. The molecule has 2 heteroatoms. The standard InChI is InChI=1S/C9H18O2/c1-4-8(2)6-5-7-11-9(3)10/h8H,4-7H2,1-3H3/t8-/m0/s1. The second-order valence-electron chi connectivity index (χ2n) is 3.00. The van der Waals surface area contributed by atoms with Crippen LogP contribution in [0.15, 0.2) is 0 Å². The summed E-state index contributed by atoms with van der Waals surface area (Å²) in [5.74, 6) is 0.583. The van der Waals surface area contributed by atoms with Crippen molar-refractivity contribution in [2.24, 2.45) is 5.92 Å². The highest BCUT2D eigenvalue weighted by atomic mass is 16.5. The molecule has 0 rings (SSSR count). The smallest absolute Gasteiger partial charge is 0.302 e. The quantitative estimate of drug-likeness (QED) is 0.453. The van der Waals surface area contributed by atoms with Gasteiger partial charge in [-0.1, -0.05) is 20.3 Å². The molecule has 0 aromatic heterocycles. The molecule has 1 atom stereocenters. The van der Waals surface area contributed by atoms with Crippen molar-refractivity contribution in [3.63, 3.8) is 0 Å². The van der Waals surface area contributed by atoms with Gasteiger partial charge in [0.25, 0.3) is 0 Å². The van der Waals surface area contributed by atoms with E-state index in [0.29, 0.717) is 6.61 Å². The third-order valence-electron chi connectivity index (χ3n) is 1.84. The molecule has 0 N–H and O–H groups in total. The van der Waals surface area contributed by atoms with E-state index < -0.39 is 0 Å². The van der Waals surface area contributed by atoms with Crippen molar-refractivity contribution in [2.45, 2.75) is 40.0 Å². The van der Waals surface area contributed by atoms with Gasteiger partial charge in [0, 0.05) is 6.92 Å². The predicted octanol–water partition coefficient (Wildman–Crippen LogP) is 2.38. The highest BCUT2D eigenvalue weighted by Gasteiger charge is 1.98. The molecule has 0 aliphatic rings. The fraction of sp³-hybridized carbons (Fsp3) is 0.889. The first-order valence-corrected chi connectivity index (χ1v) is 4.30. The summed E-state index contributed by atoms with van der Waals surface area (Å²) in [6, 6.07) is 0. The van der Waals surface area contributed by atoms with Crippen molar-refractivity contribution in [1.29, 1.82) is 0 Å². The second kappa shape index (κ2) is 6.20. The lowest BCUT2D eigenvalue weighted by Gasteiger charge is -2.06. The highest BCUT2D eigenvalue weighted by molar-refractivity contribution is 5.65. The van der Waals surface area contributed by atoms with Gasteiger partial charge in [0.05, 0.1) is 6.61 Å². The summed E-state index contributed by atoms with van der Waals surface area (Å²) in [6.07, 6.45) is 3.36. The minimum absolute atomic E-state index is 0.172. The molecule has 11 heavy (non-hydrogen) atoms. The Balaban J connectivity index is 3.08. The lowest BCUT2D eigenvalue weighted by molar-refractivity contribution is -0.141. The predicted molar refractivity (Wildman–Crippen MR) is 45.3 cm³/mol. The van der Waals surface area contributed by atoms with E-state index in [0.717, 1.165) is 18.8 Å². The van der Waals surface area contributed by atoms with E-state index in [-0.39, 0.29) is 5.97 Å². The average molecular weight is 158 g/mol. The molecule has 0 saturated carbocycles. The lowest BCUT2D eigenvalue weighted by Crippen LogP contribution is -2.02. The van der Waals surface area contributed by atoms with Crippen LogP contribution in [0.4, 0.5) is 0 Å². The van der Waals surface area contributed by atoms with E-state index in [4.69, 9.17) is 4.74 Å². The van der Waals surface area contributed by atoms with E-state index in [9.17, 15) is 4.79 Å². The zero-order valence-electron chi connectivity index (χ0n) is 7.72. The SMILES string of the molecule is CC[C@H](C)CCCOC(C)=O. The maximum Gasteiger partial charge on any atom is 0.302 e. The number of carbonyl (C=O) groups excluding carboxylic acids is 1. The van der Waals surface area contributed by atoms with E-state index in [2.05, 4.69) is 13.8 Å². The van der Waals surface area contributed by atoms with Crippen LogP contribution < -0.4 is 0 Å². The van der Waals surface area contributed by atoms with Crippen LogP contribution in [0, 0.1) is 5.92 Å². The zero-order valence-corrected chi connectivity index (χ0v) is 7.72. The van der Waals surface area contributed by atoms with E-state index in [1.54, 1.807) is 0 Å². The van der Waals surface area contributed by atoms with Crippen LogP contribution in [0.3, 0.4) is 0 Å². The largest absolute Gasteiger partial charge is 0.466 e. The van der Waals surface area contributed by atoms with E-state index in [1.807, 2.05) is 0 Å². The molecular weight excluding hydrogens is 140 g/mol. The Labute approximate surface area is 68.9 Å². The molecule has 0 fully saturated rings. The zero-order chi connectivity index (χ0) is 8.69. The summed E-state index contributed by atoms with van der Waals surface area (Å²) >= 11 is 0. The second-order valence-corrected chi connectivity index (χ2v) is 3.00. The van der Waals surface area contributed by atoms with Gasteiger partial charge in [-0.05, 0) is 18.8 Å². The summed E-state index contributed by atoms with van der Waals surface area (Å²) in [4.78, 5) is 10.3. The van der Waals surface area contributed by atoms with Gasteiger partial charge in [-0.25, -0.2) is 0 Å². The first kappa shape index (κ1) is 10.5. The van der Waals surface area contributed by atoms with Gasteiger partial charge in [-0.15, -0.1) is 0 Å². The van der Waals surface area contributed by atoms with Crippen LogP contribution in [-0.2, 0) is 9.53 Å². The monoisotopic (exact) mass is 158 g/mol. The highest BCUT2D eigenvalue weighted by Crippen LogP contribution is 2.08. The summed E-state index contributed by atoms with van der Waals surface area (Å²) in [5.41, 5.74) is 0. The van der Waals surface area contributed by atoms with Crippen LogP contribution in [0.2, 0.25) is 0 Å². The lowest BCUT2D eigenvalue weighted by atomic mass is 10.0. The van der Waals surface area contributed by atoms with Crippen molar-refractivity contribution < 1.29 is 9.53 Å². The minimum atomic E-state index is -0.172. The average Bonchev–Trinajstić information content (AvgIpc) is 1.97. The van der Waals surface area contributed by atoms with Crippen molar-refractivity contribution in [2.75, 3.05) is 6.61 Å². The van der Waals surface area contributed by atoms with Crippen molar-refractivity contribution >= 4 is 5.97 Å². The third-order valence-corrected chi connectivity index (χ3v) is 1.84. The summed E-state index contributed by atoms with van der Waals surface area (Å²) in [7, 11) is 0. The van der Waals surface area contributed by atoms with Crippen molar-refractivity contribution in [3.8, 4) is 0 Å². The van der Waals surface area contributed by atoms with Gasteiger partial charge in [-0.2, -0.15) is 0 Å².